The van der Waals surface area contributed by atoms with Crippen LogP contribution in [0.25, 0.3) is 10.8 Å². The van der Waals surface area contributed by atoms with Crippen molar-refractivity contribution < 1.29 is 9.59 Å². The molecule has 4 aromatic rings. The fourth-order valence-electron chi connectivity index (χ4n) is 3.07. The van der Waals surface area contributed by atoms with Crippen molar-refractivity contribution in [3.63, 3.8) is 0 Å². The van der Waals surface area contributed by atoms with E-state index < -0.39 is 5.91 Å². The summed E-state index contributed by atoms with van der Waals surface area (Å²) in [6, 6.07) is 20.8. The van der Waals surface area contributed by atoms with Crippen molar-refractivity contribution in [2.45, 2.75) is 0 Å². The number of amides is 2. The maximum atomic E-state index is 12.6. The van der Waals surface area contributed by atoms with Crippen molar-refractivity contribution >= 4 is 55.4 Å². The largest absolute Gasteiger partial charge is 0.385 e. The molecule has 1 aromatic heterocycles. The molecule has 4 rings (SSSR count). The number of benzene rings is 3. The van der Waals surface area contributed by atoms with Crippen molar-refractivity contribution in [2.75, 3.05) is 22.5 Å². The molecule has 2 amide bonds. The van der Waals surface area contributed by atoms with Gasteiger partial charge in [-0.25, -0.2) is 4.98 Å². The van der Waals surface area contributed by atoms with E-state index in [2.05, 4.69) is 27.9 Å². The molecule has 1 heterocycles. The second kappa shape index (κ2) is 8.85. The Kier molecular flexibility index (Phi) is 5.81. The summed E-state index contributed by atoms with van der Waals surface area (Å²) in [7, 11) is 0. The quantitative estimate of drug-likeness (QED) is 0.342. The van der Waals surface area contributed by atoms with Crippen LogP contribution in [0.2, 0.25) is 0 Å². The number of fused-ring (bicyclic) bond motifs is 1. The molecule has 0 saturated carbocycles. The van der Waals surface area contributed by atoms with E-state index in [1.54, 1.807) is 24.3 Å². The predicted octanol–water partition coefficient (Wildman–Crippen LogP) is 4.64. The summed E-state index contributed by atoms with van der Waals surface area (Å²) in [5.74, 6) is -1.07. The summed E-state index contributed by atoms with van der Waals surface area (Å²) >= 11 is 1.15. The molecule has 0 bridgehead atoms. The number of nitrogens with zero attached hydrogens (tertiary/aromatic N) is 1. The zero-order valence-corrected chi connectivity index (χ0v) is 17.3. The van der Waals surface area contributed by atoms with Crippen molar-refractivity contribution in [3.8, 4) is 0 Å². The molecule has 0 fully saturated rings. The smallest absolute Gasteiger partial charge is 0.270 e. The van der Waals surface area contributed by atoms with Gasteiger partial charge in [-0.1, -0.05) is 41.7 Å². The lowest BCUT2D eigenvalue weighted by Gasteiger charge is -2.06. The number of thiazole rings is 1. The van der Waals surface area contributed by atoms with Crippen LogP contribution in [0.3, 0.4) is 0 Å². The third-order valence-corrected chi connectivity index (χ3v) is 5.45. The normalized spacial score (nSPS) is 10.6. The van der Waals surface area contributed by atoms with Crippen LogP contribution in [0.5, 0.6) is 0 Å². The van der Waals surface area contributed by atoms with Gasteiger partial charge in [0.1, 0.15) is 5.00 Å². The standard InChI is InChI=1S/C23H20N5O2S/c1-2-25-17-10-8-15(9-11-17)21(30)28-22-19(20(24)29)27-23(31-22)26-18-12-7-14-5-3-4-6-16(14)13-18/h3-13,25H,1-2H2,(H2,24,29)(H,26,27)(H,28,30). The van der Waals surface area contributed by atoms with Crippen molar-refractivity contribution in [2.24, 2.45) is 5.73 Å². The minimum atomic E-state index is -0.715. The van der Waals surface area contributed by atoms with E-state index in [0.717, 1.165) is 33.5 Å². The Morgan fingerprint density at radius 2 is 1.68 bits per heavy atom. The van der Waals surface area contributed by atoms with E-state index in [1.807, 2.05) is 42.5 Å². The maximum absolute atomic E-state index is 12.6. The molecule has 7 nitrogen and oxygen atoms in total. The minimum absolute atomic E-state index is 0.0111. The fraction of sp³-hybridized carbons (Fsp3) is 0.0435. The van der Waals surface area contributed by atoms with E-state index in [1.165, 1.54) is 0 Å². The number of rotatable bonds is 7. The molecule has 31 heavy (non-hydrogen) atoms. The summed E-state index contributed by atoms with van der Waals surface area (Å²) in [6.45, 7) is 4.27. The van der Waals surface area contributed by atoms with Gasteiger partial charge in [-0.05, 0) is 54.1 Å². The zero-order chi connectivity index (χ0) is 21.8. The minimum Gasteiger partial charge on any atom is -0.385 e. The molecule has 3 aromatic carbocycles. The van der Waals surface area contributed by atoms with E-state index in [9.17, 15) is 9.59 Å². The van der Waals surface area contributed by atoms with Gasteiger partial charge in [-0.2, -0.15) is 0 Å². The van der Waals surface area contributed by atoms with Gasteiger partial charge in [-0.15, -0.1) is 0 Å². The summed E-state index contributed by atoms with van der Waals surface area (Å²) < 4.78 is 0. The lowest BCUT2D eigenvalue weighted by Crippen LogP contribution is -2.17. The number of hydrogen-bond acceptors (Lipinski definition) is 6. The highest BCUT2D eigenvalue weighted by atomic mass is 32.1. The van der Waals surface area contributed by atoms with Gasteiger partial charge < -0.3 is 21.7 Å². The van der Waals surface area contributed by atoms with Gasteiger partial charge in [0, 0.05) is 23.5 Å². The number of nitrogens with one attached hydrogen (secondary N) is 3. The van der Waals surface area contributed by atoms with Crippen molar-refractivity contribution in [1.82, 2.24) is 4.98 Å². The topological polar surface area (TPSA) is 109 Å². The summed E-state index contributed by atoms with van der Waals surface area (Å²) in [5.41, 5.74) is 7.61. The van der Waals surface area contributed by atoms with Gasteiger partial charge in [-0.3, -0.25) is 9.59 Å². The molecule has 0 saturated heterocycles. The molecule has 1 radical (unpaired) electrons. The maximum Gasteiger partial charge on any atom is 0.270 e. The molecular weight excluding hydrogens is 410 g/mol. The van der Waals surface area contributed by atoms with Gasteiger partial charge in [0.25, 0.3) is 11.8 Å². The van der Waals surface area contributed by atoms with E-state index in [4.69, 9.17) is 5.73 Å². The second-order valence-electron chi connectivity index (χ2n) is 6.71. The monoisotopic (exact) mass is 430 g/mol. The summed E-state index contributed by atoms with van der Waals surface area (Å²) in [4.78, 5) is 28.8. The van der Waals surface area contributed by atoms with Crippen molar-refractivity contribution in [1.29, 1.82) is 0 Å². The SMILES string of the molecule is [CH2]CNc1ccc(C(=O)Nc2sc(Nc3ccc4ccccc4c3)nc2C(N)=O)cc1. The molecule has 0 unspecified atom stereocenters. The average Bonchev–Trinajstić information content (AvgIpc) is 3.16. The van der Waals surface area contributed by atoms with Gasteiger partial charge in [0.15, 0.2) is 10.8 Å². The Bertz CT molecular complexity index is 1250. The molecular formula is C23H20N5O2S. The van der Waals surface area contributed by atoms with Gasteiger partial charge in [0.2, 0.25) is 0 Å². The number of nitrogens with two attached hydrogens (primary N) is 1. The first kappa shape index (κ1) is 20.4. The number of carbonyl (C=O) groups excluding carboxylic acids is 2. The number of primary amides is 1. The summed E-state index contributed by atoms with van der Waals surface area (Å²) in [6.07, 6.45) is 0. The van der Waals surface area contributed by atoms with Crippen LogP contribution in [0, 0.1) is 6.92 Å². The Labute approximate surface area is 183 Å². The average molecular weight is 431 g/mol. The Balaban J connectivity index is 1.55. The number of anilines is 4. The predicted molar refractivity (Wildman–Crippen MR) is 126 cm³/mol. The Morgan fingerprint density at radius 3 is 2.39 bits per heavy atom. The highest BCUT2D eigenvalue weighted by Gasteiger charge is 2.19. The van der Waals surface area contributed by atoms with Crippen LogP contribution < -0.4 is 21.7 Å². The van der Waals surface area contributed by atoms with Crippen molar-refractivity contribution in [3.05, 3.63) is 84.9 Å². The van der Waals surface area contributed by atoms with Crippen LogP contribution in [-0.2, 0) is 0 Å². The lowest BCUT2D eigenvalue weighted by molar-refractivity contribution is 0.0997. The number of hydrogen-bond donors (Lipinski definition) is 4. The van der Waals surface area contributed by atoms with E-state index in [-0.39, 0.29) is 11.6 Å². The highest BCUT2D eigenvalue weighted by molar-refractivity contribution is 7.20. The second-order valence-corrected chi connectivity index (χ2v) is 7.71. The first-order valence-corrected chi connectivity index (χ1v) is 10.4. The van der Waals surface area contributed by atoms with Crippen LogP contribution in [0.15, 0.2) is 66.7 Å². The molecule has 0 atom stereocenters. The van der Waals surface area contributed by atoms with E-state index in [0.29, 0.717) is 22.2 Å². The molecule has 0 aliphatic heterocycles. The first-order chi connectivity index (χ1) is 15.0. The molecule has 0 aliphatic rings. The molecule has 155 valence electrons. The molecule has 8 heteroatoms. The highest BCUT2D eigenvalue weighted by Crippen LogP contribution is 2.32. The van der Waals surface area contributed by atoms with Gasteiger partial charge in [0.05, 0.1) is 0 Å². The third kappa shape index (κ3) is 4.65. The van der Waals surface area contributed by atoms with Crippen LogP contribution >= 0.6 is 11.3 Å². The Hall–Kier alpha value is -3.91. The molecule has 0 aliphatic carbocycles. The first-order valence-electron chi connectivity index (χ1n) is 9.54. The summed E-state index contributed by atoms with van der Waals surface area (Å²) in [5, 5.41) is 11.9. The Morgan fingerprint density at radius 1 is 0.968 bits per heavy atom. The fourth-order valence-corrected chi connectivity index (χ4v) is 3.96. The third-order valence-electron chi connectivity index (χ3n) is 4.56. The number of carbonyl (C=O) groups is 2. The van der Waals surface area contributed by atoms with Crippen LogP contribution in [-0.4, -0.2) is 23.3 Å². The van der Waals surface area contributed by atoms with E-state index >= 15 is 0 Å². The van der Waals surface area contributed by atoms with Gasteiger partial charge >= 0.3 is 0 Å². The van der Waals surface area contributed by atoms with Crippen LogP contribution in [0.4, 0.5) is 21.5 Å². The zero-order valence-electron chi connectivity index (χ0n) is 16.5. The molecule has 0 spiro atoms. The molecule has 5 N–H and O–H groups in total. The lowest BCUT2D eigenvalue weighted by atomic mass is 10.1. The van der Waals surface area contributed by atoms with Crippen LogP contribution in [0.1, 0.15) is 20.8 Å². The number of aromatic nitrogens is 1.